The molecule has 0 amide bonds. The van der Waals surface area contributed by atoms with Crippen molar-refractivity contribution in [1.82, 2.24) is 24.9 Å². The summed E-state index contributed by atoms with van der Waals surface area (Å²) in [5.74, 6) is -0.0405. The Morgan fingerprint density at radius 3 is 2.41 bits per heavy atom. The Balaban J connectivity index is 1.22. The standard InChI is InChI=1S/C33H29Cl3N8O2/c34-21-3-1-19(2-4-21)32(29-16-44(42-41-29)24-7-9-43(10-8-24)25-17-46-18-25)40-23-11-26-31(39-22-5-6-30(45)27(35)12-22)20(14-37)15-38-33(26)28(36)13-23/h1-6,11-13,15-16,24-25,32,40,45H,7-10,17-18H2,(H,38,39). The van der Waals surface area contributed by atoms with Crippen molar-refractivity contribution in [1.29, 1.82) is 5.26 Å². The SMILES string of the molecule is N#Cc1cnc2c(Cl)cc(NC(c3ccc(Cl)cc3)c3cn(C4CCN(C5COC5)CC4)nn3)cc2c1Nc1ccc(O)c(Cl)c1. The number of likely N-dealkylation sites (tertiary alicyclic amines) is 1. The number of nitrogens with zero attached hydrogens (tertiary/aromatic N) is 6. The number of piperidine rings is 1. The van der Waals surface area contributed by atoms with Crippen molar-refractivity contribution < 1.29 is 9.84 Å². The molecule has 0 aliphatic carbocycles. The Morgan fingerprint density at radius 1 is 0.957 bits per heavy atom. The summed E-state index contributed by atoms with van der Waals surface area (Å²) in [6.07, 6.45) is 5.48. The van der Waals surface area contributed by atoms with E-state index < -0.39 is 0 Å². The van der Waals surface area contributed by atoms with Crippen LogP contribution >= 0.6 is 34.8 Å². The number of aromatic nitrogens is 4. The highest BCUT2D eigenvalue weighted by atomic mass is 35.5. The molecule has 3 N–H and O–H groups in total. The highest BCUT2D eigenvalue weighted by Gasteiger charge is 2.31. The van der Waals surface area contributed by atoms with Crippen LogP contribution in [0.25, 0.3) is 10.9 Å². The number of benzene rings is 3. The first-order valence-electron chi connectivity index (χ1n) is 14.9. The number of pyridine rings is 1. The van der Waals surface area contributed by atoms with Gasteiger partial charge in [0.1, 0.15) is 17.5 Å². The lowest BCUT2D eigenvalue weighted by atomic mass is 10.0. The molecule has 0 radical (unpaired) electrons. The maximum atomic E-state index is 9.94. The van der Waals surface area contributed by atoms with E-state index in [1.54, 1.807) is 18.2 Å². The van der Waals surface area contributed by atoms with E-state index in [1.807, 2.05) is 41.2 Å². The third kappa shape index (κ3) is 6.17. The number of nitriles is 1. The fourth-order valence-corrected chi connectivity index (χ4v) is 6.57. The van der Waals surface area contributed by atoms with E-state index in [1.165, 1.54) is 12.3 Å². The minimum atomic E-state index is -0.383. The van der Waals surface area contributed by atoms with Crippen LogP contribution in [0.3, 0.4) is 0 Å². The first-order valence-corrected chi connectivity index (χ1v) is 16.0. The van der Waals surface area contributed by atoms with Crippen molar-refractivity contribution in [3.05, 3.63) is 98.9 Å². The number of fused-ring (bicyclic) bond motifs is 1. The van der Waals surface area contributed by atoms with Gasteiger partial charge in [-0.15, -0.1) is 5.10 Å². The second-order valence-electron chi connectivity index (χ2n) is 11.5. The predicted octanol–water partition coefficient (Wildman–Crippen LogP) is 7.34. The lowest BCUT2D eigenvalue weighted by molar-refractivity contribution is -0.0734. The van der Waals surface area contributed by atoms with E-state index in [0.29, 0.717) is 49.6 Å². The molecule has 7 rings (SSSR count). The molecule has 0 spiro atoms. The molecule has 0 bridgehead atoms. The number of nitrogens with one attached hydrogen (secondary N) is 2. The van der Waals surface area contributed by atoms with Gasteiger partial charge in [-0.05, 0) is 60.9 Å². The molecule has 2 fully saturated rings. The average Bonchev–Trinajstić information content (AvgIpc) is 3.52. The predicted molar refractivity (Wildman–Crippen MR) is 179 cm³/mol. The van der Waals surface area contributed by atoms with Crippen molar-refractivity contribution in [3.63, 3.8) is 0 Å². The van der Waals surface area contributed by atoms with E-state index in [-0.39, 0.29) is 22.9 Å². The number of rotatable bonds is 8. The van der Waals surface area contributed by atoms with E-state index in [4.69, 9.17) is 39.5 Å². The van der Waals surface area contributed by atoms with Crippen molar-refractivity contribution in [2.45, 2.75) is 31.0 Å². The molecule has 0 saturated carbocycles. The van der Waals surface area contributed by atoms with Gasteiger partial charge in [-0.3, -0.25) is 9.88 Å². The van der Waals surface area contributed by atoms with Crippen LogP contribution in [-0.4, -0.2) is 62.3 Å². The zero-order valence-electron chi connectivity index (χ0n) is 24.5. The van der Waals surface area contributed by atoms with Crippen LogP contribution in [0.2, 0.25) is 15.1 Å². The number of phenols is 1. The Morgan fingerprint density at radius 2 is 1.72 bits per heavy atom. The summed E-state index contributed by atoms with van der Waals surface area (Å²) in [4.78, 5) is 6.98. The number of phenolic OH excluding ortho intramolecular Hbond substituents is 1. The molecule has 234 valence electrons. The van der Waals surface area contributed by atoms with Gasteiger partial charge in [0.25, 0.3) is 0 Å². The van der Waals surface area contributed by atoms with Gasteiger partial charge in [0, 0.05) is 41.1 Å². The third-order valence-electron chi connectivity index (χ3n) is 8.61. The first kappa shape index (κ1) is 30.5. The van der Waals surface area contributed by atoms with Gasteiger partial charge >= 0.3 is 0 Å². The zero-order chi connectivity index (χ0) is 31.8. The van der Waals surface area contributed by atoms with Gasteiger partial charge in [0.2, 0.25) is 0 Å². The normalized spacial score (nSPS) is 16.6. The molecule has 4 heterocycles. The number of ether oxygens (including phenoxy) is 1. The molecule has 1 atom stereocenters. The van der Waals surface area contributed by atoms with Gasteiger partial charge in [-0.1, -0.05) is 52.1 Å². The van der Waals surface area contributed by atoms with E-state index in [9.17, 15) is 10.4 Å². The van der Waals surface area contributed by atoms with Crippen LogP contribution in [0.4, 0.5) is 17.1 Å². The lowest BCUT2D eigenvalue weighted by Gasteiger charge is -2.41. The van der Waals surface area contributed by atoms with Gasteiger partial charge < -0.3 is 20.5 Å². The number of aromatic hydroxyl groups is 1. The van der Waals surface area contributed by atoms with Crippen LogP contribution in [0, 0.1) is 11.3 Å². The molecule has 2 aromatic heterocycles. The average molecular weight is 676 g/mol. The van der Waals surface area contributed by atoms with Gasteiger partial charge in [0.05, 0.1) is 64.3 Å². The second-order valence-corrected chi connectivity index (χ2v) is 12.8. The number of hydrogen-bond donors (Lipinski definition) is 3. The van der Waals surface area contributed by atoms with Crippen molar-refractivity contribution >= 4 is 62.8 Å². The number of hydrogen-bond acceptors (Lipinski definition) is 9. The fraction of sp³-hybridized carbons (Fsp3) is 0.273. The van der Waals surface area contributed by atoms with Crippen LogP contribution in [0.15, 0.2) is 67.0 Å². The maximum Gasteiger partial charge on any atom is 0.134 e. The highest BCUT2D eigenvalue weighted by Crippen LogP contribution is 2.38. The van der Waals surface area contributed by atoms with Crippen LogP contribution in [-0.2, 0) is 4.74 Å². The molecule has 1 unspecified atom stereocenters. The second kappa shape index (κ2) is 12.9. The van der Waals surface area contributed by atoms with Crippen LogP contribution in [0.1, 0.15) is 41.7 Å². The summed E-state index contributed by atoms with van der Waals surface area (Å²) >= 11 is 19.2. The minimum Gasteiger partial charge on any atom is -0.506 e. The Kier molecular flexibility index (Phi) is 8.60. The molecular formula is C33H29Cl3N8O2. The molecule has 46 heavy (non-hydrogen) atoms. The van der Waals surface area contributed by atoms with Gasteiger partial charge in [-0.25, -0.2) is 4.68 Å². The number of anilines is 3. The molecule has 10 nitrogen and oxygen atoms in total. The number of halogens is 3. The van der Waals surface area contributed by atoms with E-state index in [0.717, 1.165) is 50.4 Å². The fourth-order valence-electron chi connectivity index (χ4n) is 5.99. The Bertz CT molecular complexity index is 1930. The molecule has 3 aromatic carbocycles. The zero-order valence-corrected chi connectivity index (χ0v) is 26.8. The van der Waals surface area contributed by atoms with Crippen molar-refractivity contribution in [2.75, 3.05) is 36.9 Å². The van der Waals surface area contributed by atoms with Gasteiger partial charge in [-0.2, -0.15) is 5.26 Å². The first-order chi connectivity index (χ1) is 22.4. The smallest absolute Gasteiger partial charge is 0.134 e. The van der Waals surface area contributed by atoms with Crippen LogP contribution in [0.5, 0.6) is 5.75 Å². The largest absolute Gasteiger partial charge is 0.506 e. The summed E-state index contributed by atoms with van der Waals surface area (Å²) in [7, 11) is 0. The van der Waals surface area contributed by atoms with Crippen LogP contribution < -0.4 is 10.6 Å². The molecular weight excluding hydrogens is 647 g/mol. The minimum absolute atomic E-state index is 0.0405. The monoisotopic (exact) mass is 674 g/mol. The highest BCUT2D eigenvalue weighted by molar-refractivity contribution is 6.36. The topological polar surface area (TPSA) is 124 Å². The third-order valence-corrected chi connectivity index (χ3v) is 9.45. The summed E-state index contributed by atoms with van der Waals surface area (Å²) in [6.45, 7) is 3.66. The van der Waals surface area contributed by atoms with E-state index in [2.05, 4.69) is 36.9 Å². The Labute approximate surface area is 280 Å². The summed E-state index contributed by atoms with van der Waals surface area (Å²) in [5.41, 5.74) is 4.30. The molecule has 5 aromatic rings. The maximum absolute atomic E-state index is 9.94. The summed E-state index contributed by atoms with van der Waals surface area (Å²) in [6, 6.07) is 18.7. The van der Waals surface area contributed by atoms with Crippen molar-refractivity contribution in [2.24, 2.45) is 0 Å². The molecule has 2 aliphatic heterocycles. The summed E-state index contributed by atoms with van der Waals surface area (Å²) in [5, 5.41) is 37.7. The lowest BCUT2D eigenvalue weighted by Crippen LogP contribution is -2.51. The Hall–Kier alpha value is -4.11. The molecule has 2 aliphatic rings. The molecule has 13 heteroatoms. The summed E-state index contributed by atoms with van der Waals surface area (Å²) < 4.78 is 7.37. The molecule has 2 saturated heterocycles. The van der Waals surface area contributed by atoms with Gasteiger partial charge in [0.15, 0.2) is 0 Å². The van der Waals surface area contributed by atoms with E-state index >= 15 is 0 Å². The van der Waals surface area contributed by atoms with Crippen molar-refractivity contribution in [3.8, 4) is 11.8 Å². The quantitative estimate of drug-likeness (QED) is 0.145.